The molecule has 2 rings (SSSR count). The minimum absolute atomic E-state index is 0.0438. The van der Waals surface area contributed by atoms with Crippen LogP contribution in [0.2, 0.25) is 0 Å². The molecule has 1 aliphatic heterocycles. The monoisotopic (exact) mass is 415 g/mol. The molecule has 0 unspecified atom stereocenters. The second-order valence-corrected chi connectivity index (χ2v) is 6.48. The first-order valence-corrected chi connectivity index (χ1v) is 9.01. The van der Waals surface area contributed by atoms with Gasteiger partial charge in [0.1, 0.15) is 11.1 Å². The Bertz CT molecular complexity index is 746. The van der Waals surface area contributed by atoms with Gasteiger partial charge in [-0.1, -0.05) is 53.5 Å². The quantitative estimate of drug-likeness (QED) is 0.540. The largest absolute Gasteiger partial charge is 0.463 e. The molecule has 1 aromatic rings. The molecule has 1 amide bonds. The summed E-state index contributed by atoms with van der Waals surface area (Å²) < 4.78 is 9.70. The van der Waals surface area contributed by atoms with Gasteiger partial charge in [0.05, 0.1) is 18.2 Å². The molecule has 0 spiro atoms. The highest BCUT2D eigenvalue weighted by Crippen LogP contribution is 2.39. The highest BCUT2D eigenvalue weighted by atomic mass is 35.5. The van der Waals surface area contributed by atoms with Crippen molar-refractivity contribution in [2.45, 2.75) is 32.0 Å². The standard InChI is InChI=1S/C18H19Cl2NO6/c1-3-26-16(23)18(25,17(24)27-4-2)14-12(19)13(20)15(22)21(14)10-11-8-6-5-7-9-11/h5-9,14,25H,3-4,10H2,1-2H3/t14-/m0/s1. The van der Waals surface area contributed by atoms with Crippen LogP contribution < -0.4 is 0 Å². The van der Waals surface area contributed by atoms with Crippen LogP contribution in [0.1, 0.15) is 19.4 Å². The Hall–Kier alpha value is -2.09. The van der Waals surface area contributed by atoms with Gasteiger partial charge in [0.25, 0.3) is 11.5 Å². The molecule has 9 heteroatoms. The number of nitrogens with zero attached hydrogens (tertiary/aromatic N) is 1. The summed E-state index contributed by atoms with van der Waals surface area (Å²) in [6.45, 7) is 2.77. The van der Waals surface area contributed by atoms with Gasteiger partial charge in [-0.2, -0.15) is 0 Å². The normalized spacial score (nSPS) is 17.3. The van der Waals surface area contributed by atoms with E-state index in [1.165, 1.54) is 13.8 Å². The van der Waals surface area contributed by atoms with Crippen molar-refractivity contribution in [1.29, 1.82) is 0 Å². The minimum Gasteiger partial charge on any atom is -0.463 e. The molecule has 0 saturated carbocycles. The maximum Gasteiger partial charge on any atom is 0.352 e. The van der Waals surface area contributed by atoms with Crippen molar-refractivity contribution in [3.05, 3.63) is 46.0 Å². The Balaban J connectivity index is 2.52. The molecule has 1 atom stereocenters. The predicted molar refractivity (Wildman–Crippen MR) is 97.7 cm³/mol. The molecule has 1 aliphatic rings. The number of ether oxygens (including phenoxy) is 2. The van der Waals surface area contributed by atoms with E-state index in [4.69, 9.17) is 32.7 Å². The Kier molecular flexibility index (Phi) is 6.86. The summed E-state index contributed by atoms with van der Waals surface area (Å²) in [7, 11) is 0. The van der Waals surface area contributed by atoms with Gasteiger partial charge >= 0.3 is 11.9 Å². The molecule has 0 saturated heterocycles. The summed E-state index contributed by atoms with van der Waals surface area (Å²) in [5.41, 5.74) is -2.17. The van der Waals surface area contributed by atoms with E-state index in [2.05, 4.69) is 0 Å². The fraction of sp³-hybridized carbons (Fsp3) is 0.389. The van der Waals surface area contributed by atoms with E-state index < -0.39 is 29.5 Å². The Morgan fingerprint density at radius 1 is 1.11 bits per heavy atom. The van der Waals surface area contributed by atoms with Crippen molar-refractivity contribution >= 4 is 41.0 Å². The van der Waals surface area contributed by atoms with E-state index in [1.54, 1.807) is 30.3 Å². The van der Waals surface area contributed by atoms with Crippen LogP contribution in [0.3, 0.4) is 0 Å². The summed E-state index contributed by atoms with van der Waals surface area (Å²) in [6, 6.07) is 7.20. The lowest BCUT2D eigenvalue weighted by Crippen LogP contribution is -2.62. The molecule has 0 radical (unpaired) electrons. The fourth-order valence-electron chi connectivity index (χ4n) is 2.74. The van der Waals surface area contributed by atoms with Gasteiger partial charge in [0, 0.05) is 6.54 Å². The number of amides is 1. The molecular formula is C18H19Cl2NO6. The van der Waals surface area contributed by atoms with E-state index >= 15 is 0 Å². The maximum atomic E-state index is 12.6. The van der Waals surface area contributed by atoms with Crippen LogP contribution in [0.25, 0.3) is 0 Å². The Labute approximate surface area is 166 Å². The highest BCUT2D eigenvalue weighted by molar-refractivity contribution is 6.50. The van der Waals surface area contributed by atoms with Crippen LogP contribution in [-0.4, -0.2) is 52.7 Å². The summed E-state index contributed by atoms with van der Waals surface area (Å²) in [5, 5.41) is 10.3. The minimum atomic E-state index is -2.86. The van der Waals surface area contributed by atoms with Gasteiger partial charge in [0.15, 0.2) is 0 Å². The maximum absolute atomic E-state index is 12.6. The Morgan fingerprint density at radius 3 is 2.11 bits per heavy atom. The summed E-state index contributed by atoms with van der Waals surface area (Å²) in [6.07, 6.45) is 0. The van der Waals surface area contributed by atoms with E-state index in [1.807, 2.05) is 0 Å². The lowest BCUT2D eigenvalue weighted by molar-refractivity contribution is -0.189. The molecular weight excluding hydrogens is 397 g/mol. The number of aliphatic hydroxyl groups is 1. The van der Waals surface area contributed by atoms with Crippen molar-refractivity contribution in [1.82, 2.24) is 4.90 Å². The lowest BCUT2D eigenvalue weighted by atomic mass is 9.93. The predicted octanol–water partition coefficient (Wildman–Crippen LogP) is 1.94. The van der Waals surface area contributed by atoms with Gasteiger partial charge in [-0.3, -0.25) is 4.79 Å². The average Bonchev–Trinajstić information content (AvgIpc) is 2.86. The SMILES string of the molecule is CCOC(=O)C(O)(C(=O)OCC)[C@@H]1C(Cl)=C(Cl)C(=O)N1Cc1ccccc1. The first kappa shape index (κ1) is 21.2. The Morgan fingerprint density at radius 2 is 1.63 bits per heavy atom. The summed E-state index contributed by atoms with van der Waals surface area (Å²) in [5.74, 6) is -3.27. The fourth-order valence-corrected chi connectivity index (χ4v) is 3.31. The topological polar surface area (TPSA) is 93.1 Å². The molecule has 146 valence electrons. The smallest absolute Gasteiger partial charge is 0.352 e. The van der Waals surface area contributed by atoms with E-state index in [9.17, 15) is 19.5 Å². The van der Waals surface area contributed by atoms with Gasteiger partial charge in [0.2, 0.25) is 0 Å². The van der Waals surface area contributed by atoms with Crippen molar-refractivity contribution < 1.29 is 29.0 Å². The zero-order chi connectivity index (χ0) is 20.2. The third-order valence-electron chi connectivity index (χ3n) is 3.97. The molecule has 1 heterocycles. The number of esters is 2. The lowest BCUT2D eigenvalue weighted by Gasteiger charge is -2.35. The molecule has 27 heavy (non-hydrogen) atoms. The first-order valence-electron chi connectivity index (χ1n) is 8.25. The molecule has 0 fully saturated rings. The number of carbonyl (C=O) groups excluding carboxylic acids is 3. The number of halogens is 2. The van der Waals surface area contributed by atoms with Gasteiger partial charge in [-0.25, -0.2) is 9.59 Å². The zero-order valence-electron chi connectivity index (χ0n) is 14.8. The number of hydrogen-bond acceptors (Lipinski definition) is 6. The summed E-state index contributed by atoms with van der Waals surface area (Å²) >= 11 is 12.1. The molecule has 7 nitrogen and oxygen atoms in total. The van der Waals surface area contributed by atoms with E-state index in [0.29, 0.717) is 5.56 Å². The molecule has 1 aromatic carbocycles. The van der Waals surface area contributed by atoms with Crippen molar-refractivity contribution in [3.63, 3.8) is 0 Å². The third-order valence-corrected chi connectivity index (χ3v) is 4.83. The van der Waals surface area contributed by atoms with Gasteiger partial charge in [-0.05, 0) is 19.4 Å². The molecule has 0 bridgehead atoms. The van der Waals surface area contributed by atoms with Crippen molar-refractivity contribution in [3.8, 4) is 0 Å². The van der Waals surface area contributed by atoms with Crippen LogP contribution in [0.15, 0.2) is 40.4 Å². The number of carbonyl (C=O) groups is 3. The summed E-state index contributed by atoms with van der Waals surface area (Å²) in [4.78, 5) is 38.6. The number of hydrogen-bond donors (Lipinski definition) is 1. The average molecular weight is 416 g/mol. The van der Waals surface area contributed by atoms with Crippen LogP contribution in [-0.2, 0) is 30.4 Å². The molecule has 0 aliphatic carbocycles. The van der Waals surface area contributed by atoms with Crippen molar-refractivity contribution in [2.24, 2.45) is 0 Å². The van der Waals surface area contributed by atoms with Crippen LogP contribution in [0, 0.1) is 0 Å². The second-order valence-electron chi connectivity index (χ2n) is 5.69. The van der Waals surface area contributed by atoms with Crippen LogP contribution in [0.5, 0.6) is 0 Å². The highest BCUT2D eigenvalue weighted by Gasteiger charge is 2.61. The molecule has 1 N–H and O–H groups in total. The van der Waals surface area contributed by atoms with Gasteiger partial charge < -0.3 is 19.5 Å². The molecule has 0 aromatic heterocycles. The first-order chi connectivity index (χ1) is 12.8. The third kappa shape index (κ3) is 3.95. The number of rotatable bonds is 7. The van der Waals surface area contributed by atoms with Crippen LogP contribution in [0.4, 0.5) is 0 Å². The van der Waals surface area contributed by atoms with Crippen LogP contribution >= 0.6 is 23.2 Å². The van der Waals surface area contributed by atoms with E-state index in [-0.39, 0.29) is 29.8 Å². The van der Waals surface area contributed by atoms with E-state index in [0.717, 1.165) is 4.90 Å². The number of benzene rings is 1. The second kappa shape index (κ2) is 8.73. The zero-order valence-corrected chi connectivity index (χ0v) is 16.3. The van der Waals surface area contributed by atoms with Crippen molar-refractivity contribution in [2.75, 3.05) is 13.2 Å². The van der Waals surface area contributed by atoms with Gasteiger partial charge in [-0.15, -0.1) is 0 Å².